The molecule has 0 saturated carbocycles. The summed E-state index contributed by atoms with van der Waals surface area (Å²) >= 11 is 0. The van der Waals surface area contributed by atoms with Crippen molar-refractivity contribution in [1.82, 2.24) is 0 Å². The number of hydrogen-bond donors (Lipinski definition) is 0. The summed E-state index contributed by atoms with van der Waals surface area (Å²) in [4.78, 5) is 0. The molecule has 0 radical (unpaired) electrons. The van der Waals surface area contributed by atoms with Gasteiger partial charge in [0.1, 0.15) is 0 Å². The Balaban J connectivity index is 6.89. The quantitative estimate of drug-likeness (QED) is 0.275. The van der Waals surface area contributed by atoms with Crippen LogP contribution in [0.1, 0.15) is 13.3 Å². The number of alkyl halides is 19. The predicted octanol–water partition coefficient (Wildman–Crippen LogP) is 7.08. The van der Waals surface area contributed by atoms with Crippen LogP contribution in [0.25, 0.3) is 0 Å². The van der Waals surface area contributed by atoms with E-state index in [1.54, 1.807) is 0 Å². The van der Waals surface area contributed by atoms with Crippen molar-refractivity contribution in [2.24, 2.45) is 0 Å². The number of halogens is 19. The van der Waals surface area contributed by atoms with E-state index < -0.39 is 66.4 Å². The lowest BCUT2D eigenvalue weighted by Gasteiger charge is -2.44. The minimum absolute atomic E-state index is 0.122. The molecule has 0 aliphatic rings. The Kier molecular flexibility index (Phi) is 7.03. The Morgan fingerprint density at radius 1 is 0.355 bits per heavy atom. The lowest BCUT2D eigenvalue weighted by molar-refractivity contribution is -0.462. The lowest BCUT2D eigenvalue weighted by Crippen LogP contribution is -2.76. The van der Waals surface area contributed by atoms with E-state index in [4.69, 9.17) is 0 Å². The second kappa shape index (κ2) is 7.34. The Morgan fingerprint density at radius 3 is 0.742 bits per heavy atom. The molecule has 0 aromatic heterocycles. The fourth-order valence-electron chi connectivity index (χ4n) is 1.75. The van der Waals surface area contributed by atoms with E-state index >= 15 is 0 Å². The van der Waals surface area contributed by atoms with Crippen molar-refractivity contribution in [3.8, 4) is 0 Å². The maximum absolute atomic E-state index is 13.3. The highest BCUT2D eigenvalue weighted by Gasteiger charge is 2.96. The van der Waals surface area contributed by atoms with Crippen LogP contribution in [0.2, 0.25) is 0 Å². The summed E-state index contributed by atoms with van der Waals surface area (Å²) in [5, 5.41) is 0. The molecule has 0 fully saturated rings. The second-order valence-electron chi connectivity index (χ2n) is 5.92. The molecule has 0 bridgehead atoms. The standard InChI is InChI=1S/C12H7F19/c1-2-4(14,15)6(18,19)8(22,23)10(26,27)12(30,31)11(28,29)9(24,25)7(20,21)5(16,17)3-13/h2-3H2,1H3. The molecule has 0 nitrogen and oxygen atoms in total. The zero-order valence-electron chi connectivity index (χ0n) is 14.1. The minimum atomic E-state index is -8.81. The van der Waals surface area contributed by atoms with Crippen LogP contribution >= 0.6 is 0 Å². The van der Waals surface area contributed by atoms with Gasteiger partial charge in [0, 0.05) is 6.42 Å². The van der Waals surface area contributed by atoms with Gasteiger partial charge in [0.05, 0.1) is 0 Å². The summed E-state index contributed by atoms with van der Waals surface area (Å²) in [6, 6.07) is 0. The van der Waals surface area contributed by atoms with Crippen LogP contribution in [-0.2, 0) is 0 Å². The lowest BCUT2D eigenvalue weighted by atomic mass is 9.86. The van der Waals surface area contributed by atoms with Crippen LogP contribution in [0.15, 0.2) is 0 Å². The first kappa shape index (κ1) is 29.7. The van der Waals surface area contributed by atoms with E-state index in [-0.39, 0.29) is 6.92 Å². The molecule has 0 aliphatic heterocycles. The maximum Gasteiger partial charge on any atom is 0.385 e. The second-order valence-corrected chi connectivity index (χ2v) is 5.92. The monoisotopic (exact) mass is 512 g/mol. The van der Waals surface area contributed by atoms with Crippen molar-refractivity contribution in [3.63, 3.8) is 0 Å². The van der Waals surface area contributed by atoms with Gasteiger partial charge in [-0.05, 0) is 0 Å². The third kappa shape index (κ3) is 3.47. The summed E-state index contributed by atoms with van der Waals surface area (Å²) in [6.07, 6.45) is -2.54. The van der Waals surface area contributed by atoms with Crippen molar-refractivity contribution in [2.75, 3.05) is 6.67 Å². The highest BCUT2D eigenvalue weighted by molar-refractivity contribution is 5.17. The minimum Gasteiger partial charge on any atom is -0.244 e. The molecule has 0 N–H and O–H groups in total. The van der Waals surface area contributed by atoms with Gasteiger partial charge in [-0.1, -0.05) is 6.92 Å². The molecular weight excluding hydrogens is 505 g/mol. The highest BCUT2D eigenvalue weighted by atomic mass is 19.4. The van der Waals surface area contributed by atoms with Gasteiger partial charge in [-0.3, -0.25) is 0 Å². The molecule has 0 saturated heterocycles. The van der Waals surface area contributed by atoms with Crippen molar-refractivity contribution in [2.45, 2.75) is 66.6 Å². The van der Waals surface area contributed by atoms with Crippen molar-refractivity contribution >= 4 is 0 Å². The Bertz CT molecular complexity index is 590. The molecule has 0 aromatic rings. The first-order valence-electron chi connectivity index (χ1n) is 7.08. The Hall–Kier alpha value is -1.33. The molecule has 19 heteroatoms. The van der Waals surface area contributed by atoms with Crippen LogP contribution in [0.3, 0.4) is 0 Å². The molecular formula is C12H7F19. The summed E-state index contributed by atoms with van der Waals surface area (Å²) in [5.41, 5.74) is 0. The molecule has 0 rings (SSSR count). The van der Waals surface area contributed by atoms with Gasteiger partial charge in [-0.25, -0.2) is 4.39 Å². The summed E-state index contributed by atoms with van der Waals surface area (Å²) in [6.45, 7) is -4.12. The highest BCUT2D eigenvalue weighted by Crippen LogP contribution is 2.65. The first-order chi connectivity index (χ1) is 13.1. The summed E-state index contributed by atoms with van der Waals surface area (Å²) < 4.78 is 247. The largest absolute Gasteiger partial charge is 0.385 e. The Labute approximate surface area is 158 Å². The molecule has 0 aromatic carbocycles. The molecule has 0 aliphatic carbocycles. The molecule has 0 amide bonds. The van der Waals surface area contributed by atoms with E-state index in [0.717, 1.165) is 0 Å². The van der Waals surface area contributed by atoms with Crippen LogP contribution in [0.4, 0.5) is 83.4 Å². The average molecular weight is 512 g/mol. The van der Waals surface area contributed by atoms with Gasteiger partial charge in [0.15, 0.2) is 6.67 Å². The van der Waals surface area contributed by atoms with E-state index in [0.29, 0.717) is 0 Å². The third-order valence-corrected chi connectivity index (χ3v) is 3.90. The predicted molar refractivity (Wildman–Crippen MR) is 60.8 cm³/mol. The number of hydrogen-bond acceptors (Lipinski definition) is 0. The van der Waals surface area contributed by atoms with Crippen molar-refractivity contribution in [1.29, 1.82) is 0 Å². The van der Waals surface area contributed by atoms with Crippen LogP contribution < -0.4 is 0 Å². The van der Waals surface area contributed by atoms with Crippen LogP contribution in [0.5, 0.6) is 0 Å². The fraction of sp³-hybridized carbons (Fsp3) is 1.00. The van der Waals surface area contributed by atoms with Crippen molar-refractivity contribution < 1.29 is 83.4 Å². The zero-order chi connectivity index (χ0) is 25.9. The smallest absolute Gasteiger partial charge is 0.244 e. The van der Waals surface area contributed by atoms with Gasteiger partial charge < -0.3 is 0 Å². The third-order valence-electron chi connectivity index (χ3n) is 3.90. The summed E-state index contributed by atoms with van der Waals surface area (Å²) in [7, 11) is 0. The van der Waals surface area contributed by atoms with E-state index in [9.17, 15) is 83.4 Å². The molecule has 0 atom stereocenters. The molecule has 0 spiro atoms. The van der Waals surface area contributed by atoms with E-state index in [1.165, 1.54) is 0 Å². The van der Waals surface area contributed by atoms with Crippen LogP contribution in [-0.4, -0.2) is 60.0 Å². The number of rotatable bonds is 10. The fourth-order valence-corrected chi connectivity index (χ4v) is 1.75. The normalized spacial score (nSPS) is 16.6. The topological polar surface area (TPSA) is 0 Å². The SMILES string of the molecule is CCC(F)(F)C(F)(F)C(F)(F)C(F)(F)C(F)(F)C(F)(F)C(F)(F)C(F)(F)C(F)(F)CF. The van der Waals surface area contributed by atoms with Crippen LogP contribution in [0, 0.1) is 0 Å². The van der Waals surface area contributed by atoms with Gasteiger partial charge in [-0.2, -0.15) is 79.0 Å². The van der Waals surface area contributed by atoms with Crippen molar-refractivity contribution in [3.05, 3.63) is 0 Å². The molecule has 0 unspecified atom stereocenters. The first-order valence-corrected chi connectivity index (χ1v) is 7.08. The van der Waals surface area contributed by atoms with E-state index in [2.05, 4.69) is 0 Å². The van der Waals surface area contributed by atoms with Gasteiger partial charge in [0.25, 0.3) is 0 Å². The molecule has 0 heterocycles. The van der Waals surface area contributed by atoms with Gasteiger partial charge in [-0.15, -0.1) is 0 Å². The summed E-state index contributed by atoms with van der Waals surface area (Å²) in [5.74, 6) is -72.2. The average Bonchev–Trinajstić information content (AvgIpc) is 2.59. The van der Waals surface area contributed by atoms with Gasteiger partial charge in [0.2, 0.25) is 0 Å². The maximum atomic E-state index is 13.3. The molecule has 188 valence electrons. The van der Waals surface area contributed by atoms with Gasteiger partial charge >= 0.3 is 53.3 Å². The van der Waals surface area contributed by atoms with E-state index in [1.807, 2.05) is 0 Å². The Morgan fingerprint density at radius 2 is 0.548 bits per heavy atom. The molecule has 31 heavy (non-hydrogen) atoms. The zero-order valence-corrected chi connectivity index (χ0v) is 14.1.